The number of fused-ring (bicyclic) bond motifs is 4. The van der Waals surface area contributed by atoms with E-state index in [4.69, 9.17) is 9.98 Å². The summed E-state index contributed by atoms with van der Waals surface area (Å²) in [6, 6.07) is 8.05. The van der Waals surface area contributed by atoms with E-state index in [9.17, 15) is 10.1 Å². The van der Waals surface area contributed by atoms with Crippen molar-refractivity contribution in [1.82, 2.24) is 24.6 Å². The Morgan fingerprint density at radius 1 is 1.26 bits per heavy atom. The minimum absolute atomic E-state index is 0.0818. The molecule has 0 radical (unpaired) electrons. The Morgan fingerprint density at radius 2 is 2.06 bits per heavy atom. The highest BCUT2D eigenvalue weighted by Crippen LogP contribution is 2.34. The molecule has 2 aliphatic heterocycles. The van der Waals surface area contributed by atoms with Gasteiger partial charge in [0, 0.05) is 25.6 Å². The summed E-state index contributed by atoms with van der Waals surface area (Å²) in [6.07, 6.45) is 1.68. The molecule has 0 spiro atoms. The second-order valence-electron chi connectivity index (χ2n) is 8.13. The van der Waals surface area contributed by atoms with E-state index in [0.717, 1.165) is 33.9 Å². The first-order valence-electron chi connectivity index (χ1n) is 10.1. The molecule has 31 heavy (non-hydrogen) atoms. The standard InChI is InChI=1S/C23H21N7O/c1-12-5-6-14-15(7-12)13(2)21-22-18(10-26-21)25-9-17(27-22)20-16(8-24)28-30(4)19(20)11-29(3)23(14)31/h5-7,9,13H,10-11H2,1-4H3/t13-/m1/s1. The van der Waals surface area contributed by atoms with E-state index in [1.54, 1.807) is 29.9 Å². The predicted molar refractivity (Wildman–Crippen MR) is 115 cm³/mol. The molecule has 5 rings (SSSR count). The summed E-state index contributed by atoms with van der Waals surface area (Å²) in [6.45, 7) is 4.82. The number of aliphatic imine (C=N–C) groups is 1. The molecule has 2 aromatic heterocycles. The lowest BCUT2D eigenvalue weighted by atomic mass is 9.88. The minimum atomic E-state index is -0.124. The lowest BCUT2D eigenvalue weighted by molar-refractivity contribution is 0.0781. The maximum atomic E-state index is 13.5. The molecule has 3 aromatic rings. The first-order chi connectivity index (χ1) is 14.9. The molecule has 0 saturated heterocycles. The van der Waals surface area contributed by atoms with E-state index in [1.807, 2.05) is 19.1 Å². The minimum Gasteiger partial charge on any atom is -0.336 e. The Balaban J connectivity index is 1.82. The number of nitrogens with zero attached hydrogens (tertiary/aromatic N) is 7. The summed E-state index contributed by atoms with van der Waals surface area (Å²) in [7, 11) is 3.54. The van der Waals surface area contributed by atoms with Crippen molar-refractivity contribution in [3.63, 3.8) is 0 Å². The van der Waals surface area contributed by atoms with Crippen molar-refractivity contribution >= 4 is 11.6 Å². The highest BCUT2D eigenvalue weighted by atomic mass is 16.2. The van der Waals surface area contributed by atoms with Gasteiger partial charge in [-0.25, -0.2) is 4.98 Å². The quantitative estimate of drug-likeness (QED) is 0.566. The molecule has 154 valence electrons. The summed E-state index contributed by atoms with van der Waals surface area (Å²) in [4.78, 5) is 29.4. The number of nitriles is 1. The van der Waals surface area contributed by atoms with Crippen molar-refractivity contribution in [2.24, 2.45) is 12.0 Å². The number of rotatable bonds is 0. The molecule has 0 N–H and O–H groups in total. The molecule has 1 aromatic carbocycles. The number of aromatic nitrogens is 4. The van der Waals surface area contributed by atoms with Gasteiger partial charge in [0.25, 0.3) is 5.91 Å². The van der Waals surface area contributed by atoms with Crippen LogP contribution in [0.4, 0.5) is 0 Å². The number of carbonyl (C=O) groups is 1. The third-order valence-corrected chi connectivity index (χ3v) is 6.07. The molecule has 0 fully saturated rings. The molecule has 8 nitrogen and oxygen atoms in total. The normalized spacial score (nSPS) is 17.3. The average molecular weight is 411 g/mol. The summed E-state index contributed by atoms with van der Waals surface area (Å²) in [5, 5.41) is 14.0. The van der Waals surface area contributed by atoms with E-state index in [2.05, 4.69) is 29.1 Å². The van der Waals surface area contributed by atoms with Crippen LogP contribution in [-0.2, 0) is 20.1 Å². The second kappa shape index (κ2) is 6.84. The zero-order valence-corrected chi connectivity index (χ0v) is 17.8. The van der Waals surface area contributed by atoms with E-state index in [1.165, 1.54) is 0 Å². The molecular weight excluding hydrogens is 390 g/mol. The number of hydrogen-bond acceptors (Lipinski definition) is 6. The summed E-state index contributed by atoms with van der Waals surface area (Å²) in [5.41, 5.74) is 7.21. The molecule has 0 saturated carbocycles. The van der Waals surface area contributed by atoms with Crippen LogP contribution < -0.4 is 0 Å². The van der Waals surface area contributed by atoms with Crippen molar-refractivity contribution in [3.05, 3.63) is 63.9 Å². The van der Waals surface area contributed by atoms with Crippen LogP contribution in [-0.4, -0.2) is 43.3 Å². The van der Waals surface area contributed by atoms with E-state index < -0.39 is 0 Å². The third kappa shape index (κ3) is 2.85. The molecule has 2 bridgehead atoms. The summed E-state index contributed by atoms with van der Waals surface area (Å²) in [5.74, 6) is -0.206. The Hall–Kier alpha value is -3.86. The van der Waals surface area contributed by atoms with Gasteiger partial charge in [-0.15, -0.1) is 0 Å². The first kappa shape index (κ1) is 19.1. The van der Waals surface area contributed by atoms with Crippen LogP contribution >= 0.6 is 0 Å². The fraction of sp³-hybridized carbons (Fsp3) is 0.304. The summed E-state index contributed by atoms with van der Waals surface area (Å²) < 4.78 is 1.64. The van der Waals surface area contributed by atoms with Gasteiger partial charge in [-0.1, -0.05) is 24.6 Å². The number of carbonyl (C=O) groups excluding carboxylic acids is 1. The molecule has 0 aliphatic carbocycles. The molecule has 8 heteroatoms. The highest BCUT2D eigenvalue weighted by Gasteiger charge is 2.31. The zero-order valence-electron chi connectivity index (χ0n) is 17.8. The van der Waals surface area contributed by atoms with Crippen molar-refractivity contribution in [1.29, 1.82) is 5.26 Å². The largest absolute Gasteiger partial charge is 0.336 e. The van der Waals surface area contributed by atoms with Crippen LogP contribution in [0.1, 0.15) is 57.1 Å². The topological polar surface area (TPSA) is 100 Å². The van der Waals surface area contributed by atoms with Crippen LogP contribution in [0, 0.1) is 18.3 Å². The van der Waals surface area contributed by atoms with Crippen LogP contribution in [0.3, 0.4) is 0 Å². The van der Waals surface area contributed by atoms with Gasteiger partial charge >= 0.3 is 0 Å². The van der Waals surface area contributed by atoms with E-state index >= 15 is 0 Å². The number of aryl methyl sites for hydroxylation is 2. The Kier molecular flexibility index (Phi) is 4.22. The first-order valence-corrected chi connectivity index (χ1v) is 10.1. The maximum absolute atomic E-state index is 13.5. The van der Waals surface area contributed by atoms with Gasteiger partial charge in [0.15, 0.2) is 5.69 Å². The average Bonchev–Trinajstić information content (AvgIpc) is 3.32. The molecule has 2 aliphatic rings. The monoisotopic (exact) mass is 411 g/mol. The lowest BCUT2D eigenvalue weighted by Gasteiger charge is -2.23. The van der Waals surface area contributed by atoms with Gasteiger partial charge in [0.05, 0.1) is 47.6 Å². The molecule has 1 atom stereocenters. The SMILES string of the molecule is Cc1ccc2c(c1)[C@@H](C)C1=NCc3ncc(nc31)-c1c(C#N)nn(C)c1CN(C)C2=O. The Bertz CT molecular complexity index is 1330. The van der Waals surface area contributed by atoms with Crippen LogP contribution in [0.15, 0.2) is 29.4 Å². The predicted octanol–water partition coefficient (Wildman–Crippen LogP) is 2.75. The second-order valence-corrected chi connectivity index (χ2v) is 8.13. The van der Waals surface area contributed by atoms with Crippen molar-refractivity contribution in [2.45, 2.75) is 32.9 Å². The van der Waals surface area contributed by atoms with Gasteiger partial charge in [-0.2, -0.15) is 10.4 Å². The highest BCUT2D eigenvalue weighted by molar-refractivity contribution is 6.08. The molecule has 4 heterocycles. The van der Waals surface area contributed by atoms with Crippen molar-refractivity contribution in [2.75, 3.05) is 7.05 Å². The number of benzene rings is 1. The lowest BCUT2D eigenvalue weighted by Crippen LogP contribution is -2.29. The van der Waals surface area contributed by atoms with Crippen LogP contribution in [0.5, 0.6) is 0 Å². The van der Waals surface area contributed by atoms with Gasteiger partial charge in [-0.3, -0.25) is 19.5 Å². The van der Waals surface area contributed by atoms with Gasteiger partial charge in [-0.05, 0) is 18.6 Å². The fourth-order valence-corrected chi connectivity index (χ4v) is 4.40. The zero-order chi connectivity index (χ0) is 21.9. The molecular formula is C23H21N7O. The van der Waals surface area contributed by atoms with Gasteiger partial charge < -0.3 is 4.90 Å². The Labute approximate surface area is 179 Å². The van der Waals surface area contributed by atoms with E-state index in [-0.39, 0.29) is 17.5 Å². The maximum Gasteiger partial charge on any atom is 0.254 e. The van der Waals surface area contributed by atoms with Crippen LogP contribution in [0.2, 0.25) is 0 Å². The van der Waals surface area contributed by atoms with Crippen LogP contribution in [0.25, 0.3) is 11.3 Å². The summed E-state index contributed by atoms with van der Waals surface area (Å²) >= 11 is 0. The fourth-order valence-electron chi connectivity index (χ4n) is 4.40. The smallest absolute Gasteiger partial charge is 0.254 e. The molecule has 1 amide bonds. The van der Waals surface area contributed by atoms with Crippen molar-refractivity contribution < 1.29 is 4.79 Å². The third-order valence-electron chi connectivity index (χ3n) is 6.07. The van der Waals surface area contributed by atoms with Gasteiger partial charge in [0.2, 0.25) is 0 Å². The van der Waals surface area contributed by atoms with Gasteiger partial charge in [0.1, 0.15) is 11.8 Å². The van der Waals surface area contributed by atoms with E-state index in [0.29, 0.717) is 29.9 Å². The van der Waals surface area contributed by atoms with Crippen molar-refractivity contribution in [3.8, 4) is 17.3 Å². The molecule has 0 unspecified atom stereocenters. The Morgan fingerprint density at radius 3 is 2.84 bits per heavy atom. The number of hydrogen-bond donors (Lipinski definition) is 0. The number of amides is 1.